The van der Waals surface area contributed by atoms with Crippen LogP contribution >= 0.6 is 11.6 Å². The summed E-state index contributed by atoms with van der Waals surface area (Å²) in [7, 11) is 0. The van der Waals surface area contributed by atoms with Crippen molar-refractivity contribution in [2.24, 2.45) is 17.8 Å². The van der Waals surface area contributed by atoms with Crippen LogP contribution in [0, 0.1) is 30.5 Å². The van der Waals surface area contributed by atoms with Crippen LogP contribution in [0.15, 0.2) is 109 Å². The summed E-state index contributed by atoms with van der Waals surface area (Å²) in [4.78, 5) is 28.5. The van der Waals surface area contributed by atoms with E-state index in [0.717, 1.165) is 42.4 Å². The highest BCUT2D eigenvalue weighted by Gasteiger charge is 2.49. The van der Waals surface area contributed by atoms with E-state index in [0.29, 0.717) is 50.9 Å². The van der Waals surface area contributed by atoms with Gasteiger partial charge in [-0.2, -0.15) is 5.10 Å². The first kappa shape index (κ1) is 33.4. The fourth-order valence-corrected chi connectivity index (χ4v) is 9.43. The van der Waals surface area contributed by atoms with Crippen LogP contribution in [0.3, 0.4) is 0 Å². The highest BCUT2D eigenvalue weighted by molar-refractivity contribution is 6.31. The van der Waals surface area contributed by atoms with Crippen LogP contribution in [0.4, 0.5) is 4.39 Å². The number of aromatic nitrogens is 6. The number of fused-ring (bicyclic) bond motifs is 5. The molecule has 0 aliphatic heterocycles. The maximum atomic E-state index is 16.0. The van der Waals surface area contributed by atoms with Crippen molar-refractivity contribution in [2.45, 2.75) is 51.1 Å². The third-order valence-electron chi connectivity index (χ3n) is 11.5. The van der Waals surface area contributed by atoms with Crippen LogP contribution in [0.25, 0.3) is 33.6 Å². The highest BCUT2D eigenvalue weighted by atomic mass is 35.5. The molecule has 3 aliphatic carbocycles. The maximum Gasteiger partial charge on any atom is 0.311 e. The van der Waals surface area contributed by atoms with Crippen molar-refractivity contribution >= 4 is 39.6 Å². The van der Waals surface area contributed by atoms with Gasteiger partial charge in [0, 0.05) is 12.4 Å². The van der Waals surface area contributed by atoms with Gasteiger partial charge in [0.1, 0.15) is 16.9 Å². The zero-order valence-electron chi connectivity index (χ0n) is 29.5. The van der Waals surface area contributed by atoms with Gasteiger partial charge in [-0.3, -0.25) is 4.79 Å². The summed E-state index contributed by atoms with van der Waals surface area (Å²) in [5, 5.41) is 6.83. The maximum absolute atomic E-state index is 16.0. The van der Waals surface area contributed by atoms with Crippen LogP contribution < -0.4 is 0 Å². The Morgan fingerprint density at radius 1 is 0.868 bits per heavy atom. The largest absolute Gasteiger partial charge is 0.466 e. The molecule has 8 nitrogen and oxygen atoms in total. The molecule has 3 saturated carbocycles. The molecule has 7 aromatic rings. The Labute approximate surface area is 311 Å². The van der Waals surface area contributed by atoms with Gasteiger partial charge in [-0.05, 0) is 74.1 Å². The Balaban J connectivity index is 1.32. The van der Waals surface area contributed by atoms with Gasteiger partial charge in [-0.25, -0.2) is 24.0 Å². The average Bonchev–Trinajstić information content (AvgIpc) is 3.74. The van der Waals surface area contributed by atoms with Crippen LogP contribution in [0.1, 0.15) is 61.0 Å². The summed E-state index contributed by atoms with van der Waals surface area (Å²) < 4.78 is 25.5. The zero-order valence-corrected chi connectivity index (χ0v) is 30.2. The predicted molar refractivity (Wildman–Crippen MR) is 203 cm³/mol. The van der Waals surface area contributed by atoms with E-state index in [1.807, 2.05) is 76.8 Å². The molecule has 10 heteroatoms. The molecule has 4 aromatic heterocycles. The van der Waals surface area contributed by atoms with Crippen LogP contribution in [-0.4, -0.2) is 41.9 Å². The molecule has 2 atom stereocenters. The number of pyridine rings is 1. The number of benzene rings is 3. The van der Waals surface area contributed by atoms with Crippen molar-refractivity contribution in [2.75, 3.05) is 6.61 Å². The number of esters is 1. The fourth-order valence-electron chi connectivity index (χ4n) is 9.27. The Bertz CT molecular complexity index is 2360. The van der Waals surface area contributed by atoms with Crippen molar-refractivity contribution in [1.82, 2.24) is 29.3 Å². The van der Waals surface area contributed by atoms with Crippen molar-refractivity contribution < 1.29 is 13.9 Å². The van der Waals surface area contributed by atoms with E-state index in [2.05, 4.69) is 36.4 Å². The molecular formula is C43H38ClFN6O2. The molecule has 0 radical (unpaired) electrons. The van der Waals surface area contributed by atoms with Gasteiger partial charge in [-0.15, -0.1) is 0 Å². The van der Waals surface area contributed by atoms with E-state index in [1.54, 1.807) is 13.1 Å². The number of rotatable bonds is 8. The first-order chi connectivity index (χ1) is 25.9. The van der Waals surface area contributed by atoms with Crippen LogP contribution in [0.2, 0.25) is 5.02 Å². The van der Waals surface area contributed by atoms with E-state index in [1.165, 1.54) is 6.20 Å². The number of ether oxygens (including phenoxy) is 1. The predicted octanol–water partition coefficient (Wildman–Crippen LogP) is 9.32. The minimum absolute atomic E-state index is 0.182. The summed E-state index contributed by atoms with van der Waals surface area (Å²) >= 11 is 6.68. The van der Waals surface area contributed by atoms with Gasteiger partial charge in [0.25, 0.3) is 0 Å². The normalized spacial score (nSPS) is 19.9. The molecule has 0 amide bonds. The topological polar surface area (TPSA) is 87.7 Å². The lowest BCUT2D eigenvalue weighted by Crippen LogP contribution is -2.45. The zero-order chi connectivity index (χ0) is 36.3. The Hall–Kier alpha value is -5.41. The van der Waals surface area contributed by atoms with Gasteiger partial charge >= 0.3 is 5.97 Å². The SMILES string of the molecule is CCOC(=O)[C@H]1C2CCC(CC2)[C@@H]1n1cc(F)c2c(C)nc(-c3nn(C(c4ccccc4)(c4ccccc4)c4ccccc4)c4ncc(Cl)cc34)nc21. The molecule has 4 heterocycles. The monoisotopic (exact) mass is 724 g/mol. The number of hydrogen-bond donors (Lipinski definition) is 0. The first-order valence-electron chi connectivity index (χ1n) is 18.3. The lowest BCUT2D eigenvalue weighted by molar-refractivity contribution is -0.157. The molecule has 0 N–H and O–H groups in total. The second-order valence-electron chi connectivity index (χ2n) is 14.3. The molecule has 0 saturated heterocycles. The van der Waals surface area contributed by atoms with Gasteiger partial charge in [0.05, 0.1) is 40.1 Å². The summed E-state index contributed by atoms with van der Waals surface area (Å²) in [6, 6.07) is 32.3. The van der Waals surface area contributed by atoms with Crippen LogP contribution in [-0.2, 0) is 15.1 Å². The van der Waals surface area contributed by atoms with Gasteiger partial charge in [0.15, 0.2) is 17.3 Å². The number of hydrogen-bond acceptors (Lipinski definition) is 6. The third kappa shape index (κ3) is 5.27. The third-order valence-corrected chi connectivity index (χ3v) is 11.7. The van der Waals surface area contributed by atoms with Gasteiger partial charge in [0.2, 0.25) is 0 Å². The smallest absolute Gasteiger partial charge is 0.311 e. The summed E-state index contributed by atoms with van der Waals surface area (Å²) in [5.74, 6) is -0.299. The minimum Gasteiger partial charge on any atom is -0.466 e. The highest BCUT2D eigenvalue weighted by Crippen LogP contribution is 2.53. The summed E-state index contributed by atoms with van der Waals surface area (Å²) in [6.45, 7) is 3.92. The van der Waals surface area contributed by atoms with E-state index in [4.69, 9.17) is 36.4 Å². The molecule has 0 spiro atoms. The second kappa shape index (κ2) is 13.2. The first-order valence-corrected chi connectivity index (χ1v) is 18.7. The molecule has 3 aliphatic rings. The van der Waals surface area contributed by atoms with E-state index < -0.39 is 11.4 Å². The quantitative estimate of drug-likeness (QED) is 0.115. The number of carbonyl (C=O) groups is 1. The van der Waals surface area contributed by atoms with Crippen molar-refractivity contribution in [3.63, 3.8) is 0 Å². The standard InChI is InChI=1S/C43H38ClFN6O2/c1-3-53-42(52)36-27-19-21-28(22-20-27)38(36)50-25-34(45)35-26(2)47-39(48-41(35)50)37-33-23-32(44)24-46-40(33)51(49-37)43(29-13-7-4-8-14-29,30-15-9-5-10-16-30)31-17-11-6-12-18-31/h4-18,23-25,27-28,36,38H,3,19-22H2,1-2H3/t27?,28?,36-,38-/m0/s1. The van der Waals surface area contributed by atoms with E-state index in [9.17, 15) is 4.79 Å². The van der Waals surface area contributed by atoms with Gasteiger partial charge < -0.3 is 9.30 Å². The fraction of sp³-hybridized carbons (Fsp3) is 0.279. The summed E-state index contributed by atoms with van der Waals surface area (Å²) in [5.41, 5.74) is 3.93. The summed E-state index contributed by atoms with van der Waals surface area (Å²) in [6.07, 6.45) is 7.02. The average molecular weight is 725 g/mol. The Morgan fingerprint density at radius 3 is 2.04 bits per heavy atom. The molecule has 10 rings (SSSR count). The number of carbonyl (C=O) groups excluding carboxylic acids is 1. The molecular weight excluding hydrogens is 687 g/mol. The molecule has 3 fully saturated rings. The number of aryl methyl sites for hydroxylation is 1. The molecule has 266 valence electrons. The lowest BCUT2D eigenvalue weighted by Gasteiger charge is -2.47. The minimum atomic E-state index is -0.971. The van der Waals surface area contributed by atoms with Crippen molar-refractivity contribution in [3.8, 4) is 11.5 Å². The molecule has 3 aromatic carbocycles. The Kier molecular flexibility index (Phi) is 8.34. The van der Waals surface area contributed by atoms with Crippen molar-refractivity contribution in [1.29, 1.82) is 0 Å². The number of nitrogens with zero attached hydrogens (tertiary/aromatic N) is 6. The van der Waals surface area contributed by atoms with E-state index >= 15 is 4.39 Å². The van der Waals surface area contributed by atoms with Crippen LogP contribution in [0.5, 0.6) is 0 Å². The Morgan fingerprint density at radius 2 is 1.45 bits per heavy atom. The van der Waals surface area contributed by atoms with Crippen molar-refractivity contribution in [3.05, 3.63) is 143 Å². The lowest BCUT2D eigenvalue weighted by atomic mass is 9.61. The molecule has 53 heavy (non-hydrogen) atoms. The molecule has 2 bridgehead atoms. The number of halogens is 2. The van der Waals surface area contributed by atoms with E-state index in [-0.39, 0.29) is 29.8 Å². The molecule has 0 unspecified atom stereocenters. The second-order valence-corrected chi connectivity index (χ2v) is 14.7. The van der Waals surface area contributed by atoms with Gasteiger partial charge in [-0.1, -0.05) is 103 Å².